The summed E-state index contributed by atoms with van der Waals surface area (Å²) in [5.41, 5.74) is 0.0365. The number of nitrogens with one attached hydrogen (secondary N) is 1. The summed E-state index contributed by atoms with van der Waals surface area (Å²) in [5, 5.41) is 2.25. The highest BCUT2D eigenvalue weighted by Gasteiger charge is 2.36. The zero-order valence-corrected chi connectivity index (χ0v) is 23.5. The molecule has 0 aromatic heterocycles. The van der Waals surface area contributed by atoms with Crippen molar-refractivity contribution in [1.29, 1.82) is 0 Å². The number of amides is 2. The maximum atomic E-state index is 13.7. The number of nitrogens with zero attached hydrogens (tertiary/aromatic N) is 2. The van der Waals surface area contributed by atoms with E-state index < -0.39 is 51.2 Å². The Labute approximate surface area is 227 Å². The van der Waals surface area contributed by atoms with Gasteiger partial charge in [-0.15, -0.1) is 0 Å². The number of anilines is 1. The van der Waals surface area contributed by atoms with E-state index in [0.29, 0.717) is 22.4 Å². The van der Waals surface area contributed by atoms with E-state index in [1.807, 2.05) is 32.9 Å². The highest BCUT2D eigenvalue weighted by Crippen LogP contribution is 2.37. The van der Waals surface area contributed by atoms with Crippen molar-refractivity contribution in [2.45, 2.75) is 65.3 Å². The zero-order valence-electron chi connectivity index (χ0n) is 22.0. The van der Waals surface area contributed by atoms with Gasteiger partial charge in [-0.25, -0.2) is 8.42 Å². The van der Waals surface area contributed by atoms with Gasteiger partial charge in [0.1, 0.15) is 12.6 Å². The molecule has 0 saturated heterocycles. The number of rotatable bonds is 11. The molecule has 0 unspecified atom stereocenters. The molecule has 0 aliphatic heterocycles. The summed E-state index contributed by atoms with van der Waals surface area (Å²) in [5.74, 6) is -1.15. The molecule has 2 atom stereocenters. The monoisotopic (exact) mass is 575 g/mol. The van der Waals surface area contributed by atoms with Crippen molar-refractivity contribution in [2.75, 3.05) is 17.1 Å². The van der Waals surface area contributed by atoms with Gasteiger partial charge < -0.3 is 10.2 Å². The Morgan fingerprint density at radius 1 is 1.08 bits per heavy atom. The number of benzene rings is 2. The molecule has 2 aromatic carbocycles. The second-order valence-corrected chi connectivity index (χ2v) is 11.5. The first kappa shape index (κ1) is 31.4. The number of carbonyl (C=O) groups is 2. The van der Waals surface area contributed by atoms with Crippen LogP contribution in [0.5, 0.6) is 0 Å². The van der Waals surface area contributed by atoms with Gasteiger partial charge in [0.2, 0.25) is 21.8 Å². The van der Waals surface area contributed by atoms with E-state index in [4.69, 9.17) is 11.6 Å². The van der Waals surface area contributed by atoms with Crippen molar-refractivity contribution in [3.8, 4) is 0 Å². The van der Waals surface area contributed by atoms with Crippen molar-refractivity contribution < 1.29 is 31.2 Å². The lowest BCUT2D eigenvalue weighted by Crippen LogP contribution is -2.53. The van der Waals surface area contributed by atoms with Gasteiger partial charge in [-0.2, -0.15) is 13.2 Å². The SMILES string of the molecule is CC[C@H](C)NC(=O)[C@H](CC)N(Cc1cccc(C)c1)C(=O)CN(c1ccc(Cl)c(C(F)(F)F)c1)S(C)(=O)=O. The largest absolute Gasteiger partial charge is 0.417 e. The fourth-order valence-corrected chi connectivity index (χ4v) is 4.93. The molecule has 2 rings (SSSR count). The molecule has 210 valence electrons. The molecule has 0 fully saturated rings. The van der Waals surface area contributed by atoms with E-state index in [9.17, 15) is 31.2 Å². The molecule has 0 aliphatic rings. The summed E-state index contributed by atoms with van der Waals surface area (Å²) in [4.78, 5) is 28.0. The van der Waals surface area contributed by atoms with Crippen LogP contribution in [0.2, 0.25) is 5.02 Å². The van der Waals surface area contributed by atoms with Gasteiger partial charge in [-0.1, -0.05) is 55.3 Å². The second-order valence-electron chi connectivity index (χ2n) is 9.18. The van der Waals surface area contributed by atoms with Crippen LogP contribution in [0, 0.1) is 6.92 Å². The Morgan fingerprint density at radius 2 is 1.74 bits per heavy atom. The molecule has 2 aromatic rings. The summed E-state index contributed by atoms with van der Waals surface area (Å²) in [7, 11) is -4.20. The lowest BCUT2D eigenvalue weighted by Gasteiger charge is -2.33. The van der Waals surface area contributed by atoms with Crippen LogP contribution in [0.15, 0.2) is 42.5 Å². The van der Waals surface area contributed by atoms with E-state index in [2.05, 4.69) is 5.32 Å². The third kappa shape index (κ3) is 8.36. The minimum atomic E-state index is -4.83. The topological polar surface area (TPSA) is 86.8 Å². The van der Waals surface area contributed by atoms with E-state index in [1.165, 1.54) is 4.90 Å². The maximum absolute atomic E-state index is 13.7. The van der Waals surface area contributed by atoms with Gasteiger partial charge in [0.15, 0.2) is 0 Å². The Balaban J connectivity index is 2.53. The Hall–Kier alpha value is -2.79. The molecule has 0 bridgehead atoms. The highest BCUT2D eigenvalue weighted by molar-refractivity contribution is 7.92. The van der Waals surface area contributed by atoms with E-state index in [1.54, 1.807) is 19.1 Å². The van der Waals surface area contributed by atoms with Crippen LogP contribution in [-0.2, 0) is 32.3 Å². The predicted molar refractivity (Wildman–Crippen MR) is 142 cm³/mol. The second kappa shape index (κ2) is 12.8. The first-order chi connectivity index (χ1) is 17.6. The van der Waals surface area contributed by atoms with Gasteiger partial charge in [-0.3, -0.25) is 13.9 Å². The number of hydrogen-bond acceptors (Lipinski definition) is 4. The molecule has 0 aliphatic carbocycles. The molecule has 38 heavy (non-hydrogen) atoms. The third-order valence-corrected chi connectivity index (χ3v) is 7.52. The minimum Gasteiger partial charge on any atom is -0.352 e. The molecular formula is C26H33ClF3N3O4S. The third-order valence-electron chi connectivity index (χ3n) is 6.04. The fraction of sp³-hybridized carbons (Fsp3) is 0.462. The Bertz CT molecular complexity index is 1250. The minimum absolute atomic E-state index is 0.00103. The summed E-state index contributed by atoms with van der Waals surface area (Å²) >= 11 is 5.70. The van der Waals surface area contributed by atoms with Crippen LogP contribution in [0.4, 0.5) is 18.9 Å². The number of sulfonamides is 1. The molecule has 0 radical (unpaired) electrons. The number of aryl methyl sites for hydroxylation is 1. The lowest BCUT2D eigenvalue weighted by molar-refractivity contribution is -0.140. The van der Waals surface area contributed by atoms with Gasteiger partial charge in [0, 0.05) is 12.6 Å². The smallest absolute Gasteiger partial charge is 0.352 e. The molecule has 0 spiro atoms. The number of hydrogen-bond donors (Lipinski definition) is 1. The van der Waals surface area contributed by atoms with E-state index in [-0.39, 0.29) is 24.7 Å². The molecule has 7 nitrogen and oxygen atoms in total. The first-order valence-electron chi connectivity index (χ1n) is 12.1. The summed E-state index contributed by atoms with van der Waals surface area (Å²) < 4.78 is 66.3. The number of alkyl halides is 3. The van der Waals surface area contributed by atoms with Crippen LogP contribution >= 0.6 is 11.6 Å². The van der Waals surface area contributed by atoms with Crippen LogP contribution in [-0.4, -0.2) is 50.0 Å². The van der Waals surface area contributed by atoms with Gasteiger partial charge in [0.05, 0.1) is 22.5 Å². The molecule has 0 heterocycles. The van der Waals surface area contributed by atoms with Crippen LogP contribution in [0.25, 0.3) is 0 Å². The van der Waals surface area contributed by atoms with Gasteiger partial charge in [-0.05, 0) is 50.5 Å². The van der Waals surface area contributed by atoms with Crippen LogP contribution in [0.3, 0.4) is 0 Å². The molecule has 0 saturated carbocycles. The normalized spacial score (nSPS) is 13.5. The predicted octanol–water partition coefficient (Wildman–Crippen LogP) is 5.16. The molecule has 2 amide bonds. The van der Waals surface area contributed by atoms with Crippen molar-refractivity contribution in [2.24, 2.45) is 0 Å². The Kier molecular flexibility index (Phi) is 10.6. The number of carbonyl (C=O) groups excluding carboxylic acids is 2. The molecule has 1 N–H and O–H groups in total. The quantitative estimate of drug-likeness (QED) is 0.401. The highest BCUT2D eigenvalue weighted by atomic mass is 35.5. The van der Waals surface area contributed by atoms with Crippen LogP contribution in [0.1, 0.15) is 50.3 Å². The van der Waals surface area contributed by atoms with Crippen molar-refractivity contribution in [3.05, 3.63) is 64.2 Å². The lowest BCUT2D eigenvalue weighted by atomic mass is 10.1. The Morgan fingerprint density at radius 3 is 2.26 bits per heavy atom. The van der Waals surface area contributed by atoms with E-state index >= 15 is 0 Å². The first-order valence-corrected chi connectivity index (χ1v) is 14.3. The van der Waals surface area contributed by atoms with Crippen LogP contribution < -0.4 is 9.62 Å². The van der Waals surface area contributed by atoms with E-state index in [0.717, 1.165) is 24.0 Å². The average Bonchev–Trinajstić information content (AvgIpc) is 2.81. The van der Waals surface area contributed by atoms with Crippen molar-refractivity contribution in [3.63, 3.8) is 0 Å². The van der Waals surface area contributed by atoms with Gasteiger partial charge in [0.25, 0.3) is 0 Å². The standard InChI is InChI=1S/C26H33ClF3N3O4S/c1-6-18(4)31-25(35)23(7-2)32(15-19-10-8-9-17(3)13-19)24(34)16-33(38(5,36)37)20-11-12-22(27)21(14-20)26(28,29)30/h8-14,18,23H,6-7,15-16H2,1-5H3,(H,31,35)/t18-,23-/m0/s1. The maximum Gasteiger partial charge on any atom is 0.417 e. The fourth-order valence-electron chi connectivity index (χ4n) is 3.87. The van der Waals surface area contributed by atoms with Crippen molar-refractivity contribution in [1.82, 2.24) is 10.2 Å². The summed E-state index contributed by atoms with van der Waals surface area (Å²) in [6.45, 7) is 6.50. The average molecular weight is 576 g/mol. The van der Waals surface area contributed by atoms with Gasteiger partial charge >= 0.3 is 6.18 Å². The summed E-state index contributed by atoms with van der Waals surface area (Å²) in [6.07, 6.45) is -3.15. The van der Waals surface area contributed by atoms with Crippen molar-refractivity contribution >= 4 is 39.1 Å². The number of halogens is 4. The zero-order chi connectivity index (χ0) is 28.8. The molecular weight excluding hydrogens is 543 g/mol. The molecule has 12 heteroatoms. The summed E-state index contributed by atoms with van der Waals surface area (Å²) in [6, 6.07) is 8.80.